The molecular weight excluding hydrogens is 512 g/mol. The maximum Gasteiger partial charge on any atom is 0.254 e. The van der Waals surface area contributed by atoms with Gasteiger partial charge in [0, 0.05) is 38.3 Å². The molecule has 2 aliphatic rings. The van der Waals surface area contributed by atoms with E-state index in [1.54, 1.807) is 18.2 Å². The third-order valence-corrected chi connectivity index (χ3v) is 9.19. The summed E-state index contributed by atoms with van der Waals surface area (Å²) in [5.41, 5.74) is 4.35. The number of nitrogens with zero attached hydrogens (tertiary/aromatic N) is 2. The molecule has 2 heterocycles. The molecule has 7 nitrogen and oxygen atoms in total. The average molecular weight is 549 g/mol. The number of piperazine rings is 1. The summed E-state index contributed by atoms with van der Waals surface area (Å²) in [6.45, 7) is 7.70. The zero-order valence-electron chi connectivity index (χ0n) is 22.7. The van der Waals surface area contributed by atoms with Crippen LogP contribution in [0.1, 0.15) is 52.4 Å². The predicted octanol–water partition coefficient (Wildman–Crippen LogP) is 5.00. The van der Waals surface area contributed by atoms with Gasteiger partial charge < -0.3 is 14.4 Å². The summed E-state index contributed by atoms with van der Waals surface area (Å²) in [5.74, 6) is 1.34. The Hall–Kier alpha value is -3.36. The van der Waals surface area contributed by atoms with Crippen LogP contribution in [0, 0.1) is 6.92 Å². The van der Waals surface area contributed by atoms with Crippen LogP contribution in [0.5, 0.6) is 11.5 Å². The van der Waals surface area contributed by atoms with Crippen molar-refractivity contribution in [3.05, 3.63) is 88.5 Å². The van der Waals surface area contributed by atoms with Gasteiger partial charge in [0.25, 0.3) is 5.91 Å². The molecule has 3 aromatic carbocycles. The van der Waals surface area contributed by atoms with E-state index >= 15 is 0 Å². The molecule has 1 amide bonds. The Kier molecular flexibility index (Phi) is 8.23. The molecule has 8 heteroatoms. The van der Waals surface area contributed by atoms with Gasteiger partial charge in [-0.3, -0.25) is 9.69 Å². The van der Waals surface area contributed by atoms with Gasteiger partial charge in [0.2, 0.25) is 6.79 Å². The Morgan fingerprint density at radius 1 is 0.846 bits per heavy atom. The molecule has 1 fully saturated rings. The monoisotopic (exact) mass is 548 g/mol. The minimum atomic E-state index is -3.59. The van der Waals surface area contributed by atoms with E-state index in [1.807, 2.05) is 54.3 Å². The first kappa shape index (κ1) is 27.2. The van der Waals surface area contributed by atoms with Crippen molar-refractivity contribution in [2.75, 3.05) is 33.0 Å². The quantitative estimate of drug-likeness (QED) is 0.375. The summed E-state index contributed by atoms with van der Waals surface area (Å²) in [6, 6.07) is 18.7. The van der Waals surface area contributed by atoms with Crippen LogP contribution in [0.15, 0.2) is 65.6 Å². The van der Waals surface area contributed by atoms with Crippen molar-refractivity contribution >= 4 is 15.7 Å². The summed E-state index contributed by atoms with van der Waals surface area (Å²) >= 11 is 0. The molecule has 0 radical (unpaired) electrons. The Bertz CT molecular complexity index is 1430. The molecule has 0 aliphatic carbocycles. The zero-order valence-corrected chi connectivity index (χ0v) is 23.5. The fraction of sp³-hybridized carbons (Fsp3) is 0.387. The van der Waals surface area contributed by atoms with Crippen LogP contribution in [0.3, 0.4) is 0 Å². The number of fused-ring (bicyclic) bond motifs is 1. The largest absolute Gasteiger partial charge is 0.454 e. The van der Waals surface area contributed by atoms with E-state index in [1.165, 1.54) is 5.56 Å². The highest BCUT2D eigenvalue weighted by Crippen LogP contribution is 2.33. The fourth-order valence-electron chi connectivity index (χ4n) is 5.09. The Labute approximate surface area is 231 Å². The second-order valence-corrected chi connectivity index (χ2v) is 12.4. The molecule has 0 atom stereocenters. The molecule has 206 valence electrons. The number of benzene rings is 3. The lowest BCUT2D eigenvalue weighted by Crippen LogP contribution is -2.48. The van der Waals surface area contributed by atoms with E-state index in [9.17, 15) is 13.2 Å². The first-order valence-corrected chi connectivity index (χ1v) is 15.3. The first-order valence-electron chi connectivity index (χ1n) is 13.6. The highest BCUT2D eigenvalue weighted by atomic mass is 32.2. The summed E-state index contributed by atoms with van der Waals surface area (Å²) in [7, 11) is -3.59. The van der Waals surface area contributed by atoms with Crippen LogP contribution in [-0.2, 0) is 28.6 Å². The van der Waals surface area contributed by atoms with Gasteiger partial charge in [-0.05, 0) is 66.3 Å². The molecule has 0 saturated carbocycles. The van der Waals surface area contributed by atoms with Crippen molar-refractivity contribution in [2.24, 2.45) is 0 Å². The minimum Gasteiger partial charge on any atom is -0.454 e. The second-order valence-electron chi connectivity index (χ2n) is 10.4. The number of sulfone groups is 1. The summed E-state index contributed by atoms with van der Waals surface area (Å²) in [4.78, 5) is 17.8. The van der Waals surface area contributed by atoms with Crippen molar-refractivity contribution in [3.8, 4) is 11.5 Å². The SMILES string of the molecule is CCCCc1ccc(CS(=O)(=O)c2ccc(C)c(C(=O)N3CCN(Cc4ccc5c(c4)OCO5)CC3)c2)cc1. The molecular formula is C31H36N2O5S. The number of hydrogen-bond donors (Lipinski definition) is 0. The number of unbranched alkanes of at least 4 members (excludes halogenated alkanes) is 1. The lowest BCUT2D eigenvalue weighted by molar-refractivity contribution is 0.0627. The highest BCUT2D eigenvalue weighted by Gasteiger charge is 2.26. The van der Waals surface area contributed by atoms with E-state index in [2.05, 4.69) is 11.8 Å². The Morgan fingerprint density at radius 2 is 1.54 bits per heavy atom. The van der Waals surface area contributed by atoms with Crippen LogP contribution >= 0.6 is 0 Å². The van der Waals surface area contributed by atoms with E-state index < -0.39 is 9.84 Å². The Balaban J connectivity index is 1.21. The van der Waals surface area contributed by atoms with Gasteiger partial charge in [0.15, 0.2) is 21.3 Å². The van der Waals surface area contributed by atoms with Crippen LogP contribution in [-0.4, -0.2) is 57.1 Å². The molecule has 1 saturated heterocycles. The number of rotatable bonds is 9. The maximum atomic E-state index is 13.5. The molecule has 0 spiro atoms. The molecule has 5 rings (SSSR count). The number of aryl methyl sites for hydroxylation is 2. The molecule has 0 unspecified atom stereocenters. The van der Waals surface area contributed by atoms with E-state index in [0.717, 1.165) is 67.1 Å². The minimum absolute atomic E-state index is 0.0870. The summed E-state index contributed by atoms with van der Waals surface area (Å²) < 4.78 is 37.4. The summed E-state index contributed by atoms with van der Waals surface area (Å²) in [5, 5.41) is 0. The van der Waals surface area contributed by atoms with E-state index in [4.69, 9.17) is 9.47 Å². The van der Waals surface area contributed by atoms with Crippen molar-refractivity contribution in [2.45, 2.75) is 50.3 Å². The predicted molar refractivity (Wildman–Crippen MR) is 151 cm³/mol. The number of hydrogen-bond acceptors (Lipinski definition) is 6. The van der Waals surface area contributed by atoms with Gasteiger partial charge in [-0.1, -0.05) is 49.7 Å². The van der Waals surface area contributed by atoms with Gasteiger partial charge in [0.1, 0.15) is 0 Å². The molecule has 39 heavy (non-hydrogen) atoms. The molecule has 3 aromatic rings. The van der Waals surface area contributed by atoms with Crippen LogP contribution in [0.4, 0.5) is 0 Å². The lowest BCUT2D eigenvalue weighted by atomic mass is 10.1. The molecule has 2 aliphatic heterocycles. The number of amides is 1. The van der Waals surface area contributed by atoms with Gasteiger partial charge in [-0.15, -0.1) is 0 Å². The van der Waals surface area contributed by atoms with Crippen LogP contribution < -0.4 is 9.47 Å². The van der Waals surface area contributed by atoms with Gasteiger partial charge in [-0.2, -0.15) is 0 Å². The topological polar surface area (TPSA) is 76.2 Å². The van der Waals surface area contributed by atoms with Crippen LogP contribution in [0.25, 0.3) is 0 Å². The highest BCUT2D eigenvalue weighted by molar-refractivity contribution is 7.90. The fourth-order valence-corrected chi connectivity index (χ4v) is 6.46. The van der Waals surface area contributed by atoms with Gasteiger partial charge in [-0.25, -0.2) is 8.42 Å². The molecule has 0 N–H and O–H groups in total. The summed E-state index contributed by atoms with van der Waals surface area (Å²) in [6.07, 6.45) is 3.24. The van der Waals surface area contributed by atoms with Crippen molar-refractivity contribution in [1.82, 2.24) is 9.80 Å². The number of carbonyl (C=O) groups is 1. The standard InChI is InChI=1S/C31H36N2O5S/c1-3-4-5-24-7-9-25(10-8-24)21-39(35,36)27-12-6-23(2)28(19-27)31(34)33-16-14-32(15-17-33)20-26-11-13-29-30(18-26)38-22-37-29/h6-13,18-19H,3-5,14-17,20-22H2,1-2H3. The smallest absolute Gasteiger partial charge is 0.254 e. The average Bonchev–Trinajstić information content (AvgIpc) is 3.41. The lowest BCUT2D eigenvalue weighted by Gasteiger charge is -2.35. The second kappa shape index (κ2) is 11.8. The zero-order chi connectivity index (χ0) is 27.4. The van der Waals surface area contributed by atoms with Crippen molar-refractivity contribution in [3.63, 3.8) is 0 Å². The van der Waals surface area contributed by atoms with Gasteiger partial charge in [0.05, 0.1) is 10.6 Å². The Morgan fingerprint density at radius 3 is 2.28 bits per heavy atom. The van der Waals surface area contributed by atoms with Crippen molar-refractivity contribution in [1.29, 1.82) is 0 Å². The number of ether oxygens (including phenoxy) is 2. The van der Waals surface area contributed by atoms with Crippen LogP contribution in [0.2, 0.25) is 0 Å². The van der Waals surface area contributed by atoms with E-state index in [-0.39, 0.29) is 23.3 Å². The normalized spacial score (nSPS) is 15.5. The number of carbonyl (C=O) groups excluding carboxylic acids is 1. The third-order valence-electron chi connectivity index (χ3n) is 7.50. The third kappa shape index (κ3) is 6.45. The van der Waals surface area contributed by atoms with E-state index in [0.29, 0.717) is 18.7 Å². The molecule has 0 aromatic heterocycles. The molecule has 0 bridgehead atoms. The van der Waals surface area contributed by atoms with Gasteiger partial charge >= 0.3 is 0 Å². The first-order chi connectivity index (χ1) is 18.8. The van der Waals surface area contributed by atoms with Crippen molar-refractivity contribution < 1.29 is 22.7 Å². The maximum absolute atomic E-state index is 13.5.